The molecular formula is C21H21N5O. The zero-order valence-corrected chi connectivity index (χ0v) is 15.6. The average Bonchev–Trinajstić information content (AvgIpc) is 3.11. The highest BCUT2D eigenvalue weighted by Crippen LogP contribution is 2.37. The average molecular weight is 359 g/mol. The lowest BCUT2D eigenvalue weighted by Crippen LogP contribution is -2.03. The molecule has 0 fully saturated rings. The van der Waals surface area contributed by atoms with Crippen LogP contribution in [-0.2, 0) is 6.42 Å². The minimum atomic E-state index is 0.559. The molecule has 0 bridgehead atoms. The Labute approximate surface area is 158 Å². The maximum absolute atomic E-state index is 5.59. The van der Waals surface area contributed by atoms with Crippen LogP contribution in [0.4, 0.5) is 17.5 Å². The van der Waals surface area contributed by atoms with Gasteiger partial charge in [-0.05, 0) is 47.9 Å². The Bertz CT molecular complexity index is 1030. The Morgan fingerprint density at radius 1 is 1.11 bits per heavy atom. The highest BCUT2D eigenvalue weighted by molar-refractivity contribution is 5.91. The number of aryl methyl sites for hydroxylation is 1. The highest BCUT2D eigenvalue weighted by atomic mass is 16.5. The number of allylic oxidation sites excluding steroid dienone is 1. The van der Waals surface area contributed by atoms with E-state index in [0.717, 1.165) is 34.9 Å². The zero-order chi connectivity index (χ0) is 18.8. The van der Waals surface area contributed by atoms with E-state index in [1.165, 1.54) is 16.7 Å². The van der Waals surface area contributed by atoms with Gasteiger partial charge in [0, 0.05) is 48.9 Å². The van der Waals surface area contributed by atoms with Gasteiger partial charge in [0.2, 0.25) is 5.95 Å². The lowest BCUT2D eigenvalue weighted by molar-refractivity contribution is 0.413. The molecule has 0 aliphatic heterocycles. The second kappa shape index (κ2) is 7.07. The van der Waals surface area contributed by atoms with Crippen molar-refractivity contribution in [3.05, 3.63) is 65.1 Å². The number of anilines is 3. The van der Waals surface area contributed by atoms with E-state index in [1.807, 2.05) is 50.6 Å². The molecular weight excluding hydrogens is 338 g/mol. The minimum Gasteiger partial charge on any atom is -0.496 e. The molecule has 2 N–H and O–H groups in total. The summed E-state index contributed by atoms with van der Waals surface area (Å²) in [6, 6.07) is 9.95. The van der Waals surface area contributed by atoms with Crippen molar-refractivity contribution < 1.29 is 4.74 Å². The molecule has 0 saturated carbocycles. The third-order valence-electron chi connectivity index (χ3n) is 4.56. The Morgan fingerprint density at radius 3 is 2.78 bits per heavy atom. The van der Waals surface area contributed by atoms with Gasteiger partial charge in [0.05, 0.1) is 7.11 Å². The number of nitrogens with zero attached hydrogens (tertiary/aromatic N) is 3. The summed E-state index contributed by atoms with van der Waals surface area (Å²) in [5.74, 6) is 2.18. The Kier molecular flexibility index (Phi) is 4.46. The summed E-state index contributed by atoms with van der Waals surface area (Å²) < 4.78 is 5.59. The summed E-state index contributed by atoms with van der Waals surface area (Å²) in [4.78, 5) is 13.2. The molecule has 27 heavy (non-hydrogen) atoms. The number of rotatable bonds is 5. The molecule has 6 nitrogen and oxygen atoms in total. The van der Waals surface area contributed by atoms with Crippen LogP contribution in [0.5, 0.6) is 5.75 Å². The molecule has 1 aromatic carbocycles. The predicted molar refractivity (Wildman–Crippen MR) is 108 cm³/mol. The van der Waals surface area contributed by atoms with Gasteiger partial charge in [-0.2, -0.15) is 4.98 Å². The van der Waals surface area contributed by atoms with Gasteiger partial charge >= 0.3 is 0 Å². The zero-order valence-electron chi connectivity index (χ0n) is 15.6. The van der Waals surface area contributed by atoms with Crippen LogP contribution < -0.4 is 15.4 Å². The van der Waals surface area contributed by atoms with E-state index in [1.54, 1.807) is 7.11 Å². The smallest absolute Gasteiger partial charge is 0.229 e. The third kappa shape index (κ3) is 3.46. The van der Waals surface area contributed by atoms with Crippen molar-refractivity contribution in [2.45, 2.75) is 13.3 Å². The fourth-order valence-electron chi connectivity index (χ4n) is 3.26. The molecule has 6 heteroatoms. The standard InChI is InChI=1S/C21H21N5O/c1-13-8-20(22-2)26-21(24-13)25-17-4-5-19(27-3)18(11-17)15-9-14-6-7-23-12-16(14)10-15/h4-9,11-12H,10H2,1-3H3,(H2,22,24,25,26). The highest BCUT2D eigenvalue weighted by Gasteiger charge is 2.18. The Balaban J connectivity index is 1.67. The second-order valence-electron chi connectivity index (χ2n) is 6.43. The third-order valence-corrected chi connectivity index (χ3v) is 4.56. The van der Waals surface area contributed by atoms with Crippen LogP contribution in [0.25, 0.3) is 11.6 Å². The second-order valence-corrected chi connectivity index (χ2v) is 6.43. The predicted octanol–water partition coefficient (Wildman–Crippen LogP) is 4.07. The Hall–Kier alpha value is -3.41. The molecule has 0 atom stereocenters. The van der Waals surface area contributed by atoms with E-state index in [2.05, 4.69) is 37.7 Å². The number of hydrogen-bond donors (Lipinski definition) is 2. The van der Waals surface area contributed by atoms with Crippen LogP contribution in [0.3, 0.4) is 0 Å². The van der Waals surface area contributed by atoms with E-state index in [4.69, 9.17) is 4.74 Å². The van der Waals surface area contributed by atoms with Gasteiger partial charge in [0.25, 0.3) is 0 Å². The first kappa shape index (κ1) is 17.0. The number of benzene rings is 1. The topological polar surface area (TPSA) is 72.0 Å². The maximum atomic E-state index is 5.59. The van der Waals surface area contributed by atoms with Crippen LogP contribution in [0.15, 0.2) is 42.7 Å². The lowest BCUT2D eigenvalue weighted by Gasteiger charge is -2.13. The molecule has 0 unspecified atom stereocenters. The van der Waals surface area contributed by atoms with Crippen molar-refractivity contribution in [2.24, 2.45) is 0 Å². The van der Waals surface area contributed by atoms with E-state index < -0.39 is 0 Å². The lowest BCUT2D eigenvalue weighted by atomic mass is 10.0. The Morgan fingerprint density at radius 2 is 2.00 bits per heavy atom. The number of fused-ring (bicyclic) bond motifs is 1. The van der Waals surface area contributed by atoms with Gasteiger partial charge in [0.1, 0.15) is 11.6 Å². The van der Waals surface area contributed by atoms with Crippen molar-refractivity contribution in [1.82, 2.24) is 15.0 Å². The van der Waals surface area contributed by atoms with Crippen LogP contribution in [0.2, 0.25) is 0 Å². The SMILES string of the molecule is CNc1cc(C)nc(Nc2ccc(OC)c(C3=Cc4ccncc4C3)c2)n1. The van der Waals surface area contributed by atoms with Gasteiger partial charge in [-0.3, -0.25) is 4.98 Å². The number of ether oxygens (including phenoxy) is 1. The number of hydrogen-bond acceptors (Lipinski definition) is 6. The fraction of sp³-hybridized carbons (Fsp3) is 0.190. The molecule has 0 saturated heterocycles. The molecule has 1 aliphatic carbocycles. The molecule has 0 spiro atoms. The van der Waals surface area contributed by atoms with Crippen LogP contribution in [-0.4, -0.2) is 29.1 Å². The van der Waals surface area contributed by atoms with Crippen LogP contribution in [0.1, 0.15) is 22.4 Å². The molecule has 2 aromatic heterocycles. The molecule has 3 aromatic rings. The van der Waals surface area contributed by atoms with E-state index in [-0.39, 0.29) is 0 Å². The van der Waals surface area contributed by atoms with Gasteiger partial charge in [-0.1, -0.05) is 6.08 Å². The molecule has 136 valence electrons. The van der Waals surface area contributed by atoms with Crippen molar-refractivity contribution in [3.8, 4) is 5.75 Å². The van der Waals surface area contributed by atoms with Gasteiger partial charge in [-0.15, -0.1) is 0 Å². The molecule has 0 radical (unpaired) electrons. The monoisotopic (exact) mass is 359 g/mol. The summed E-state index contributed by atoms with van der Waals surface area (Å²) in [6.45, 7) is 1.95. The van der Waals surface area contributed by atoms with Gasteiger partial charge in [-0.25, -0.2) is 4.98 Å². The fourth-order valence-corrected chi connectivity index (χ4v) is 3.26. The summed E-state index contributed by atoms with van der Waals surface area (Å²) in [5, 5.41) is 6.35. The van der Waals surface area contributed by atoms with Gasteiger partial charge in [0.15, 0.2) is 0 Å². The summed E-state index contributed by atoms with van der Waals surface area (Å²) >= 11 is 0. The largest absolute Gasteiger partial charge is 0.496 e. The van der Waals surface area contributed by atoms with E-state index >= 15 is 0 Å². The van der Waals surface area contributed by atoms with Crippen molar-refractivity contribution >= 4 is 29.1 Å². The number of methoxy groups -OCH3 is 1. The van der Waals surface area contributed by atoms with Crippen LogP contribution >= 0.6 is 0 Å². The summed E-state index contributed by atoms with van der Waals surface area (Å²) in [7, 11) is 3.54. The molecule has 4 rings (SSSR count). The first-order valence-corrected chi connectivity index (χ1v) is 8.78. The van der Waals surface area contributed by atoms with E-state index in [9.17, 15) is 0 Å². The van der Waals surface area contributed by atoms with Crippen LogP contribution in [0, 0.1) is 6.92 Å². The van der Waals surface area contributed by atoms with Crippen molar-refractivity contribution in [2.75, 3.05) is 24.8 Å². The van der Waals surface area contributed by atoms with Gasteiger partial charge < -0.3 is 15.4 Å². The van der Waals surface area contributed by atoms with Crippen molar-refractivity contribution in [3.63, 3.8) is 0 Å². The molecule has 1 aliphatic rings. The maximum Gasteiger partial charge on any atom is 0.229 e. The first-order valence-electron chi connectivity index (χ1n) is 8.78. The van der Waals surface area contributed by atoms with Crippen molar-refractivity contribution in [1.29, 1.82) is 0 Å². The quantitative estimate of drug-likeness (QED) is 0.715. The van der Waals surface area contributed by atoms with E-state index in [0.29, 0.717) is 5.95 Å². The molecule has 2 heterocycles. The minimum absolute atomic E-state index is 0.559. The molecule has 0 amide bonds. The number of pyridine rings is 1. The summed E-state index contributed by atoms with van der Waals surface area (Å²) in [5.41, 5.74) is 6.51. The number of nitrogens with one attached hydrogen (secondary N) is 2. The summed E-state index contributed by atoms with van der Waals surface area (Å²) in [6.07, 6.45) is 6.78. The normalized spacial score (nSPS) is 12.3. The number of aromatic nitrogens is 3. The first-order chi connectivity index (χ1) is 13.2.